The first kappa shape index (κ1) is 16.2. The maximum absolute atomic E-state index is 2.60. The topological polar surface area (TPSA) is 6.48 Å². The number of hydrogen-bond donors (Lipinski definition) is 0. The molecule has 0 aliphatic carbocycles. The van der Waals surface area contributed by atoms with Crippen molar-refractivity contribution >= 4 is 0 Å². The van der Waals surface area contributed by atoms with Crippen LogP contribution in [-0.4, -0.2) is 36.0 Å². The summed E-state index contributed by atoms with van der Waals surface area (Å²) in [6, 6.07) is 20.4. The maximum Gasteiger partial charge on any atom is 0.0233 e. The van der Waals surface area contributed by atoms with E-state index in [2.05, 4.69) is 78.4 Å². The van der Waals surface area contributed by atoms with E-state index in [0.29, 0.717) is 6.04 Å². The van der Waals surface area contributed by atoms with Crippen molar-refractivity contribution in [3.05, 3.63) is 71.3 Å². The lowest BCUT2D eigenvalue weighted by Gasteiger charge is -2.37. The van der Waals surface area contributed by atoms with Crippen molar-refractivity contribution in [3.8, 4) is 0 Å². The van der Waals surface area contributed by atoms with Gasteiger partial charge in [-0.3, -0.25) is 9.80 Å². The molecule has 0 atom stereocenters. The minimum atomic E-state index is 0.712. The molecule has 2 aromatic rings. The van der Waals surface area contributed by atoms with Crippen LogP contribution < -0.4 is 0 Å². The minimum absolute atomic E-state index is 0.712. The first-order valence-corrected chi connectivity index (χ1v) is 8.73. The summed E-state index contributed by atoms with van der Waals surface area (Å²) in [7, 11) is 2.27. The lowest BCUT2D eigenvalue weighted by molar-refractivity contribution is 0.119. The minimum Gasteiger partial charge on any atom is -0.299 e. The van der Waals surface area contributed by atoms with E-state index in [1.165, 1.54) is 42.6 Å². The van der Waals surface area contributed by atoms with Gasteiger partial charge in [0.05, 0.1) is 0 Å². The van der Waals surface area contributed by atoms with Gasteiger partial charge in [0.2, 0.25) is 0 Å². The Kier molecular flexibility index (Phi) is 5.47. The van der Waals surface area contributed by atoms with Gasteiger partial charge < -0.3 is 0 Å². The Bertz CT molecular complexity index is 600. The highest BCUT2D eigenvalue weighted by Gasteiger charge is 2.22. The molecule has 23 heavy (non-hydrogen) atoms. The van der Waals surface area contributed by atoms with Gasteiger partial charge in [0.15, 0.2) is 0 Å². The molecule has 0 aromatic heterocycles. The van der Waals surface area contributed by atoms with Crippen LogP contribution >= 0.6 is 0 Å². The largest absolute Gasteiger partial charge is 0.299 e. The zero-order valence-electron chi connectivity index (χ0n) is 14.4. The van der Waals surface area contributed by atoms with E-state index in [1.54, 1.807) is 0 Å². The Morgan fingerprint density at radius 1 is 0.957 bits per heavy atom. The predicted octanol–water partition coefficient (Wildman–Crippen LogP) is 4.09. The second-order valence-corrected chi connectivity index (χ2v) is 6.90. The van der Waals surface area contributed by atoms with Gasteiger partial charge in [-0.25, -0.2) is 0 Å². The molecular weight excluding hydrogens is 280 g/mol. The summed E-state index contributed by atoms with van der Waals surface area (Å²) in [5, 5.41) is 0. The van der Waals surface area contributed by atoms with Gasteiger partial charge in [0, 0.05) is 19.1 Å². The summed E-state index contributed by atoms with van der Waals surface area (Å²) in [5.74, 6) is 0. The average Bonchev–Trinajstić information content (AvgIpc) is 2.56. The lowest BCUT2D eigenvalue weighted by atomic mass is 10.0. The highest BCUT2D eigenvalue weighted by atomic mass is 15.2. The van der Waals surface area contributed by atoms with Gasteiger partial charge in [0.25, 0.3) is 0 Å². The molecule has 1 heterocycles. The van der Waals surface area contributed by atoms with Crippen molar-refractivity contribution in [3.63, 3.8) is 0 Å². The summed E-state index contributed by atoms with van der Waals surface area (Å²) in [6.07, 6.45) is 2.55. The third-order valence-corrected chi connectivity index (χ3v) is 4.94. The Hall–Kier alpha value is -1.64. The first-order chi connectivity index (χ1) is 11.2. The smallest absolute Gasteiger partial charge is 0.0233 e. The van der Waals surface area contributed by atoms with E-state index in [9.17, 15) is 0 Å². The summed E-state index contributed by atoms with van der Waals surface area (Å²) in [6.45, 7) is 6.74. The van der Waals surface area contributed by atoms with Crippen molar-refractivity contribution < 1.29 is 0 Å². The van der Waals surface area contributed by atoms with Gasteiger partial charge in [-0.15, -0.1) is 0 Å². The average molecular weight is 308 g/mol. The van der Waals surface area contributed by atoms with Crippen molar-refractivity contribution in [2.45, 2.75) is 38.9 Å². The molecule has 0 saturated carbocycles. The SMILES string of the molecule is Cc1cccc(CN2CCC(N(C)Cc3ccccc3)CC2)c1. The molecule has 0 unspecified atom stereocenters. The van der Waals surface area contributed by atoms with E-state index in [1.807, 2.05) is 0 Å². The predicted molar refractivity (Wildman–Crippen MR) is 97.4 cm³/mol. The summed E-state index contributed by atoms with van der Waals surface area (Å²) >= 11 is 0. The molecule has 1 aliphatic rings. The van der Waals surface area contributed by atoms with Crippen LogP contribution in [0.15, 0.2) is 54.6 Å². The fourth-order valence-electron chi connectivity index (χ4n) is 3.59. The molecule has 0 N–H and O–H groups in total. The molecule has 1 fully saturated rings. The zero-order valence-corrected chi connectivity index (χ0v) is 14.4. The van der Waals surface area contributed by atoms with E-state index in [-0.39, 0.29) is 0 Å². The molecule has 2 heteroatoms. The second kappa shape index (κ2) is 7.76. The van der Waals surface area contributed by atoms with Crippen LogP contribution in [0.1, 0.15) is 29.5 Å². The molecule has 2 nitrogen and oxygen atoms in total. The normalized spacial score (nSPS) is 16.8. The van der Waals surface area contributed by atoms with Gasteiger partial charge in [-0.05, 0) is 51.0 Å². The van der Waals surface area contributed by atoms with Crippen LogP contribution in [0.4, 0.5) is 0 Å². The number of likely N-dealkylation sites (tertiary alicyclic amines) is 1. The van der Waals surface area contributed by atoms with Gasteiger partial charge in [0.1, 0.15) is 0 Å². The van der Waals surface area contributed by atoms with E-state index < -0.39 is 0 Å². The van der Waals surface area contributed by atoms with Crippen LogP contribution in [-0.2, 0) is 13.1 Å². The Labute approximate surface area is 140 Å². The number of rotatable bonds is 5. The van der Waals surface area contributed by atoms with Crippen LogP contribution in [0.5, 0.6) is 0 Å². The highest BCUT2D eigenvalue weighted by Crippen LogP contribution is 2.19. The Morgan fingerprint density at radius 3 is 2.35 bits per heavy atom. The van der Waals surface area contributed by atoms with Gasteiger partial charge in [-0.1, -0.05) is 60.2 Å². The second-order valence-electron chi connectivity index (χ2n) is 6.90. The van der Waals surface area contributed by atoms with Crippen LogP contribution in [0.2, 0.25) is 0 Å². The van der Waals surface area contributed by atoms with Crippen LogP contribution in [0, 0.1) is 6.92 Å². The summed E-state index contributed by atoms with van der Waals surface area (Å²) in [4.78, 5) is 5.13. The first-order valence-electron chi connectivity index (χ1n) is 8.73. The van der Waals surface area contributed by atoms with E-state index in [4.69, 9.17) is 0 Å². The maximum atomic E-state index is 2.60. The van der Waals surface area contributed by atoms with Crippen molar-refractivity contribution in [2.75, 3.05) is 20.1 Å². The molecule has 2 aromatic carbocycles. The lowest BCUT2D eigenvalue weighted by Crippen LogP contribution is -2.42. The highest BCUT2D eigenvalue weighted by molar-refractivity contribution is 5.22. The van der Waals surface area contributed by atoms with Crippen LogP contribution in [0.3, 0.4) is 0 Å². The van der Waals surface area contributed by atoms with Crippen molar-refractivity contribution in [1.29, 1.82) is 0 Å². The van der Waals surface area contributed by atoms with Gasteiger partial charge in [-0.2, -0.15) is 0 Å². The molecule has 0 bridgehead atoms. The Balaban J connectivity index is 1.48. The number of nitrogens with zero attached hydrogens (tertiary/aromatic N) is 2. The molecule has 0 spiro atoms. The number of piperidine rings is 1. The third-order valence-electron chi connectivity index (χ3n) is 4.94. The fraction of sp³-hybridized carbons (Fsp3) is 0.429. The third kappa shape index (κ3) is 4.66. The molecular formula is C21H28N2. The molecule has 3 rings (SSSR count). The molecule has 122 valence electrons. The Morgan fingerprint density at radius 2 is 1.65 bits per heavy atom. The standard InChI is InChI=1S/C21H28N2/c1-18-7-6-10-20(15-18)17-23-13-11-21(12-14-23)22(2)16-19-8-4-3-5-9-19/h3-10,15,21H,11-14,16-17H2,1-2H3. The number of benzene rings is 2. The quantitative estimate of drug-likeness (QED) is 0.821. The number of hydrogen-bond acceptors (Lipinski definition) is 2. The van der Waals surface area contributed by atoms with Crippen LogP contribution in [0.25, 0.3) is 0 Å². The van der Waals surface area contributed by atoms with Gasteiger partial charge >= 0.3 is 0 Å². The molecule has 1 saturated heterocycles. The molecule has 1 aliphatic heterocycles. The molecule has 0 amide bonds. The van der Waals surface area contributed by atoms with Crippen molar-refractivity contribution in [1.82, 2.24) is 9.80 Å². The summed E-state index contributed by atoms with van der Waals surface area (Å²) < 4.78 is 0. The van der Waals surface area contributed by atoms with E-state index >= 15 is 0 Å². The molecule has 0 radical (unpaired) electrons. The number of aryl methyl sites for hydroxylation is 1. The summed E-state index contributed by atoms with van der Waals surface area (Å²) in [5.41, 5.74) is 4.22. The zero-order chi connectivity index (χ0) is 16.1. The monoisotopic (exact) mass is 308 g/mol. The van der Waals surface area contributed by atoms with E-state index in [0.717, 1.165) is 13.1 Å². The fourth-order valence-corrected chi connectivity index (χ4v) is 3.59. The van der Waals surface area contributed by atoms with Crippen molar-refractivity contribution in [2.24, 2.45) is 0 Å².